The van der Waals surface area contributed by atoms with Crippen LogP contribution in [0.3, 0.4) is 0 Å². The standard InChI is InChI=1S/C25H39N5O7/c1-15(2)21(24(35)28-18(25(36)37)11-12-20(31)32)30-23(34)19(14-16-8-4-3-5-9-16)29-22(33)17(27)10-6-7-13-26/h3-5,8-9,15,17-19,21H,6-7,10-14,26-27H2,1-2H3,(H,28,35)(H,29,33)(H,30,34)(H,31,32)(H,36,37). The quantitative estimate of drug-likeness (QED) is 0.134. The molecule has 1 rings (SSSR count). The van der Waals surface area contributed by atoms with Crippen LogP contribution < -0.4 is 27.4 Å². The zero-order chi connectivity index (χ0) is 28.0. The van der Waals surface area contributed by atoms with Crippen molar-refractivity contribution in [3.8, 4) is 0 Å². The Labute approximate surface area is 216 Å². The molecular weight excluding hydrogens is 482 g/mol. The van der Waals surface area contributed by atoms with Crippen molar-refractivity contribution >= 4 is 29.7 Å². The lowest BCUT2D eigenvalue weighted by Gasteiger charge is -2.27. The first-order valence-corrected chi connectivity index (χ1v) is 12.3. The molecule has 0 aliphatic carbocycles. The van der Waals surface area contributed by atoms with Crippen LogP contribution in [-0.4, -0.2) is 70.6 Å². The number of hydrogen-bond acceptors (Lipinski definition) is 7. The van der Waals surface area contributed by atoms with E-state index in [0.717, 1.165) is 5.56 Å². The Morgan fingerprint density at radius 2 is 1.46 bits per heavy atom. The second-order valence-electron chi connectivity index (χ2n) is 9.20. The Balaban J connectivity index is 3.02. The third-order valence-electron chi connectivity index (χ3n) is 5.73. The van der Waals surface area contributed by atoms with Crippen molar-refractivity contribution in [2.45, 2.75) is 76.5 Å². The molecule has 1 aromatic carbocycles. The van der Waals surface area contributed by atoms with Gasteiger partial charge in [0.15, 0.2) is 0 Å². The van der Waals surface area contributed by atoms with Gasteiger partial charge in [-0.25, -0.2) is 4.79 Å². The summed E-state index contributed by atoms with van der Waals surface area (Å²) in [6.45, 7) is 3.80. The van der Waals surface area contributed by atoms with E-state index < -0.39 is 66.2 Å². The number of carboxylic acid groups (broad SMARTS) is 2. The van der Waals surface area contributed by atoms with Gasteiger partial charge in [-0.1, -0.05) is 50.6 Å². The van der Waals surface area contributed by atoms with Gasteiger partial charge in [0.1, 0.15) is 18.1 Å². The summed E-state index contributed by atoms with van der Waals surface area (Å²) in [6, 6.07) is 4.52. The number of unbranched alkanes of at least 4 members (excludes halogenated alkanes) is 1. The highest BCUT2D eigenvalue weighted by Crippen LogP contribution is 2.09. The smallest absolute Gasteiger partial charge is 0.326 e. The van der Waals surface area contributed by atoms with Crippen molar-refractivity contribution in [2.75, 3.05) is 6.54 Å². The minimum absolute atomic E-state index is 0.136. The normalized spacial score (nSPS) is 14.2. The van der Waals surface area contributed by atoms with E-state index in [1.54, 1.807) is 38.1 Å². The molecular formula is C25H39N5O7. The Morgan fingerprint density at radius 1 is 0.838 bits per heavy atom. The summed E-state index contributed by atoms with van der Waals surface area (Å²) in [5.41, 5.74) is 12.2. The molecule has 1 aromatic rings. The van der Waals surface area contributed by atoms with Crippen molar-refractivity contribution in [1.29, 1.82) is 0 Å². The van der Waals surface area contributed by atoms with Crippen molar-refractivity contribution in [1.82, 2.24) is 16.0 Å². The van der Waals surface area contributed by atoms with Gasteiger partial charge in [-0.15, -0.1) is 0 Å². The lowest BCUT2D eigenvalue weighted by atomic mass is 10.00. The van der Waals surface area contributed by atoms with Gasteiger partial charge >= 0.3 is 11.9 Å². The summed E-state index contributed by atoms with van der Waals surface area (Å²) in [5, 5.41) is 25.8. The summed E-state index contributed by atoms with van der Waals surface area (Å²) in [5.74, 6) is -4.96. The highest BCUT2D eigenvalue weighted by Gasteiger charge is 2.32. The maximum atomic E-state index is 13.3. The molecule has 0 saturated carbocycles. The van der Waals surface area contributed by atoms with Crippen molar-refractivity contribution in [3.05, 3.63) is 35.9 Å². The number of amides is 3. The number of rotatable bonds is 17. The molecule has 37 heavy (non-hydrogen) atoms. The number of carboxylic acids is 2. The molecule has 12 nitrogen and oxygen atoms in total. The van der Waals surface area contributed by atoms with Crippen LogP contribution in [0.4, 0.5) is 0 Å². The third kappa shape index (κ3) is 11.8. The van der Waals surface area contributed by atoms with Crippen molar-refractivity contribution in [3.63, 3.8) is 0 Å². The summed E-state index contributed by atoms with van der Waals surface area (Å²) in [7, 11) is 0. The first kappa shape index (κ1) is 31.5. The first-order chi connectivity index (χ1) is 17.5. The SMILES string of the molecule is CC(C)C(NC(=O)C(Cc1ccccc1)NC(=O)C(N)CCCCN)C(=O)NC(CCC(=O)O)C(=O)O. The molecule has 0 heterocycles. The molecule has 0 spiro atoms. The fraction of sp³-hybridized carbons (Fsp3) is 0.560. The summed E-state index contributed by atoms with van der Waals surface area (Å²) >= 11 is 0. The Bertz CT molecular complexity index is 910. The van der Waals surface area contributed by atoms with Crippen LogP contribution >= 0.6 is 0 Å². The molecule has 4 unspecified atom stereocenters. The zero-order valence-corrected chi connectivity index (χ0v) is 21.3. The highest BCUT2D eigenvalue weighted by molar-refractivity contribution is 5.94. The lowest BCUT2D eigenvalue weighted by molar-refractivity contribution is -0.143. The van der Waals surface area contributed by atoms with Gasteiger partial charge < -0.3 is 37.6 Å². The van der Waals surface area contributed by atoms with E-state index in [1.165, 1.54) is 0 Å². The van der Waals surface area contributed by atoms with Gasteiger partial charge in [0.25, 0.3) is 0 Å². The van der Waals surface area contributed by atoms with Crippen LogP contribution in [0, 0.1) is 5.92 Å². The van der Waals surface area contributed by atoms with E-state index in [-0.39, 0.29) is 12.8 Å². The molecule has 206 valence electrons. The molecule has 3 amide bonds. The fourth-order valence-corrected chi connectivity index (χ4v) is 3.55. The van der Waals surface area contributed by atoms with E-state index in [1.807, 2.05) is 6.07 Å². The minimum Gasteiger partial charge on any atom is -0.481 e. The van der Waals surface area contributed by atoms with Crippen molar-refractivity contribution < 1.29 is 34.2 Å². The highest BCUT2D eigenvalue weighted by atomic mass is 16.4. The summed E-state index contributed by atoms with van der Waals surface area (Å²) in [6.07, 6.45) is 1.13. The maximum absolute atomic E-state index is 13.3. The average molecular weight is 522 g/mol. The van der Waals surface area contributed by atoms with Gasteiger partial charge in [-0.3, -0.25) is 19.2 Å². The van der Waals surface area contributed by atoms with Crippen LogP contribution in [0.15, 0.2) is 30.3 Å². The molecule has 12 heteroatoms. The molecule has 0 fully saturated rings. The number of nitrogens with one attached hydrogen (secondary N) is 3. The Kier molecular flexibility index (Phi) is 13.9. The molecule has 9 N–H and O–H groups in total. The number of carbonyl (C=O) groups excluding carboxylic acids is 3. The predicted octanol–water partition coefficient (Wildman–Crippen LogP) is -0.255. The monoisotopic (exact) mass is 521 g/mol. The number of carbonyl (C=O) groups is 5. The largest absolute Gasteiger partial charge is 0.481 e. The van der Waals surface area contributed by atoms with Crippen LogP contribution in [-0.2, 0) is 30.4 Å². The molecule has 0 bridgehead atoms. The van der Waals surface area contributed by atoms with E-state index in [9.17, 15) is 29.1 Å². The second-order valence-corrected chi connectivity index (χ2v) is 9.20. The van der Waals surface area contributed by atoms with Crippen LogP contribution in [0.5, 0.6) is 0 Å². The van der Waals surface area contributed by atoms with Gasteiger partial charge in [0.2, 0.25) is 17.7 Å². The minimum atomic E-state index is -1.44. The molecule has 0 saturated heterocycles. The van der Waals surface area contributed by atoms with E-state index in [4.69, 9.17) is 16.6 Å². The van der Waals surface area contributed by atoms with Gasteiger partial charge in [-0.2, -0.15) is 0 Å². The molecule has 4 atom stereocenters. The number of aliphatic carboxylic acids is 2. The second kappa shape index (κ2) is 16.3. The van der Waals surface area contributed by atoms with Crippen LogP contribution in [0.2, 0.25) is 0 Å². The van der Waals surface area contributed by atoms with Gasteiger partial charge in [0.05, 0.1) is 6.04 Å². The summed E-state index contributed by atoms with van der Waals surface area (Å²) < 4.78 is 0. The lowest BCUT2D eigenvalue weighted by Crippen LogP contribution is -2.58. The topological polar surface area (TPSA) is 214 Å². The van der Waals surface area contributed by atoms with E-state index >= 15 is 0 Å². The number of benzene rings is 1. The summed E-state index contributed by atoms with van der Waals surface area (Å²) in [4.78, 5) is 61.2. The molecule has 0 aromatic heterocycles. The molecule has 0 radical (unpaired) electrons. The Hall–Kier alpha value is -3.51. The molecule has 0 aliphatic heterocycles. The van der Waals surface area contributed by atoms with E-state index in [0.29, 0.717) is 25.8 Å². The first-order valence-electron chi connectivity index (χ1n) is 12.3. The van der Waals surface area contributed by atoms with Crippen LogP contribution in [0.25, 0.3) is 0 Å². The van der Waals surface area contributed by atoms with E-state index in [2.05, 4.69) is 16.0 Å². The Morgan fingerprint density at radius 3 is 2.00 bits per heavy atom. The number of nitrogens with two attached hydrogens (primary N) is 2. The van der Waals surface area contributed by atoms with Crippen molar-refractivity contribution in [2.24, 2.45) is 17.4 Å². The van der Waals surface area contributed by atoms with Gasteiger partial charge in [-0.05, 0) is 37.3 Å². The zero-order valence-electron chi connectivity index (χ0n) is 21.3. The maximum Gasteiger partial charge on any atom is 0.326 e. The van der Waals surface area contributed by atoms with Crippen LogP contribution in [0.1, 0.15) is 51.5 Å². The third-order valence-corrected chi connectivity index (χ3v) is 5.73. The molecule has 0 aliphatic rings. The van der Waals surface area contributed by atoms with Gasteiger partial charge in [0, 0.05) is 12.8 Å². The number of hydrogen-bond donors (Lipinski definition) is 7. The average Bonchev–Trinajstić information content (AvgIpc) is 2.84. The fourth-order valence-electron chi connectivity index (χ4n) is 3.55. The predicted molar refractivity (Wildman–Crippen MR) is 136 cm³/mol.